The van der Waals surface area contributed by atoms with Gasteiger partial charge in [-0.1, -0.05) is 11.6 Å². The molecule has 1 aromatic rings. The lowest BCUT2D eigenvalue weighted by Crippen LogP contribution is -2.43. The maximum atomic E-state index is 12.6. The van der Waals surface area contributed by atoms with Gasteiger partial charge in [-0.3, -0.25) is 0 Å². The second kappa shape index (κ2) is 6.30. The molecule has 0 radical (unpaired) electrons. The molecule has 2 rings (SSSR count). The van der Waals surface area contributed by atoms with Gasteiger partial charge in [-0.05, 0) is 38.0 Å². The van der Waals surface area contributed by atoms with E-state index in [1.807, 2.05) is 6.92 Å². The number of nitrogens with two attached hydrogens (primary N) is 1. The van der Waals surface area contributed by atoms with Crippen molar-refractivity contribution in [3.63, 3.8) is 0 Å². The first-order chi connectivity index (χ1) is 9.45. The van der Waals surface area contributed by atoms with Gasteiger partial charge in [0.05, 0.1) is 21.7 Å². The summed E-state index contributed by atoms with van der Waals surface area (Å²) in [6.45, 7) is 3.39. The molecule has 1 heterocycles. The quantitative estimate of drug-likeness (QED) is 0.863. The highest BCUT2D eigenvalue weighted by molar-refractivity contribution is 7.89. The molecule has 112 valence electrons. The third-order valence-electron chi connectivity index (χ3n) is 3.35. The number of nitrogens with zero attached hydrogens (tertiary/aromatic N) is 1. The first kappa shape index (κ1) is 15.6. The lowest BCUT2D eigenvalue weighted by atomic mass is 10.1. The molecule has 20 heavy (non-hydrogen) atoms. The van der Waals surface area contributed by atoms with Crippen LogP contribution < -0.4 is 5.73 Å². The Kier molecular flexibility index (Phi) is 4.90. The molecule has 1 atom stereocenters. The van der Waals surface area contributed by atoms with Crippen LogP contribution in [-0.2, 0) is 14.8 Å². The molecule has 0 amide bonds. The summed E-state index contributed by atoms with van der Waals surface area (Å²) in [5.74, 6) is 0. The fourth-order valence-corrected chi connectivity index (χ4v) is 4.09. The molecule has 7 heteroatoms. The lowest BCUT2D eigenvalue weighted by molar-refractivity contribution is 0.0265. The van der Waals surface area contributed by atoms with E-state index in [0.29, 0.717) is 25.4 Å². The minimum Gasteiger partial charge on any atom is -0.398 e. The highest BCUT2D eigenvalue weighted by Crippen LogP contribution is 2.26. The number of hydrogen-bond acceptors (Lipinski definition) is 4. The summed E-state index contributed by atoms with van der Waals surface area (Å²) >= 11 is 5.90. The Morgan fingerprint density at radius 1 is 1.50 bits per heavy atom. The molecule has 0 aromatic heterocycles. The zero-order valence-electron chi connectivity index (χ0n) is 11.4. The van der Waals surface area contributed by atoms with Crippen LogP contribution in [0.4, 0.5) is 5.69 Å². The van der Waals surface area contributed by atoms with E-state index >= 15 is 0 Å². The molecular formula is C13H19ClN2O3S. The largest absolute Gasteiger partial charge is 0.398 e. The predicted molar refractivity (Wildman–Crippen MR) is 79.3 cm³/mol. The van der Waals surface area contributed by atoms with E-state index in [9.17, 15) is 8.42 Å². The van der Waals surface area contributed by atoms with Crippen LogP contribution in [0.1, 0.15) is 19.8 Å². The molecule has 0 bridgehead atoms. The van der Waals surface area contributed by atoms with E-state index in [0.717, 1.165) is 12.8 Å². The zero-order valence-corrected chi connectivity index (χ0v) is 13.0. The van der Waals surface area contributed by atoms with E-state index in [1.165, 1.54) is 22.5 Å². The van der Waals surface area contributed by atoms with Crippen molar-refractivity contribution in [1.82, 2.24) is 4.31 Å². The molecule has 1 aliphatic heterocycles. The van der Waals surface area contributed by atoms with Crippen molar-refractivity contribution < 1.29 is 13.2 Å². The maximum Gasteiger partial charge on any atom is 0.243 e. The van der Waals surface area contributed by atoms with Gasteiger partial charge >= 0.3 is 0 Å². The van der Waals surface area contributed by atoms with Crippen molar-refractivity contribution in [2.75, 3.05) is 25.4 Å². The summed E-state index contributed by atoms with van der Waals surface area (Å²) in [6, 6.07) is 4.40. The second-order valence-corrected chi connectivity index (χ2v) is 7.11. The van der Waals surface area contributed by atoms with Gasteiger partial charge in [0, 0.05) is 19.7 Å². The van der Waals surface area contributed by atoms with E-state index in [1.54, 1.807) is 0 Å². The summed E-state index contributed by atoms with van der Waals surface area (Å²) in [5, 5.41) is 0.254. The van der Waals surface area contributed by atoms with Crippen molar-refractivity contribution >= 4 is 27.3 Å². The first-order valence-electron chi connectivity index (χ1n) is 6.62. The molecule has 0 spiro atoms. The van der Waals surface area contributed by atoms with Gasteiger partial charge in [0.2, 0.25) is 10.0 Å². The number of hydrogen-bond donors (Lipinski definition) is 1. The summed E-state index contributed by atoms with van der Waals surface area (Å²) in [7, 11) is -3.54. The summed E-state index contributed by atoms with van der Waals surface area (Å²) in [5.41, 5.74) is 5.98. The SMILES string of the molecule is CCOC1CCCN(S(=O)(=O)c2ccc(N)c(Cl)c2)C1. The monoisotopic (exact) mass is 318 g/mol. The topological polar surface area (TPSA) is 72.6 Å². The number of nitrogen functional groups attached to an aromatic ring is 1. The average Bonchev–Trinajstić information content (AvgIpc) is 2.42. The second-order valence-electron chi connectivity index (χ2n) is 4.77. The third-order valence-corrected chi connectivity index (χ3v) is 5.54. The number of ether oxygens (including phenoxy) is 1. The molecule has 0 saturated carbocycles. The number of piperidine rings is 1. The zero-order chi connectivity index (χ0) is 14.8. The van der Waals surface area contributed by atoms with Gasteiger partial charge in [0.1, 0.15) is 0 Å². The van der Waals surface area contributed by atoms with E-state index in [4.69, 9.17) is 22.1 Å². The minimum absolute atomic E-state index is 0.0345. The summed E-state index contributed by atoms with van der Waals surface area (Å²) in [6.07, 6.45) is 1.65. The van der Waals surface area contributed by atoms with Gasteiger partial charge in [-0.2, -0.15) is 4.31 Å². The molecule has 1 aromatic carbocycles. The van der Waals surface area contributed by atoms with E-state index < -0.39 is 10.0 Å². The van der Waals surface area contributed by atoms with Crippen LogP contribution in [-0.4, -0.2) is 38.5 Å². The van der Waals surface area contributed by atoms with Crippen molar-refractivity contribution in [3.8, 4) is 0 Å². The number of halogens is 1. The third kappa shape index (κ3) is 3.25. The Labute approximate surface area is 124 Å². The summed E-state index contributed by atoms with van der Waals surface area (Å²) in [4.78, 5) is 0.175. The highest BCUT2D eigenvalue weighted by Gasteiger charge is 2.30. The van der Waals surface area contributed by atoms with E-state index in [2.05, 4.69) is 0 Å². The van der Waals surface area contributed by atoms with Gasteiger partial charge in [0.25, 0.3) is 0 Å². The smallest absolute Gasteiger partial charge is 0.243 e. The van der Waals surface area contributed by atoms with Gasteiger partial charge in [-0.15, -0.1) is 0 Å². The van der Waals surface area contributed by atoms with Crippen LogP contribution in [0.5, 0.6) is 0 Å². The van der Waals surface area contributed by atoms with E-state index in [-0.39, 0.29) is 16.0 Å². The predicted octanol–water partition coefficient (Wildman–Crippen LogP) is 2.11. The maximum absolute atomic E-state index is 12.6. The Hall–Kier alpha value is -0.820. The Balaban J connectivity index is 2.23. The Morgan fingerprint density at radius 2 is 2.25 bits per heavy atom. The fourth-order valence-electron chi connectivity index (χ4n) is 2.31. The van der Waals surface area contributed by atoms with Crippen LogP contribution in [0.3, 0.4) is 0 Å². The number of benzene rings is 1. The van der Waals surface area contributed by atoms with Gasteiger partial charge < -0.3 is 10.5 Å². The van der Waals surface area contributed by atoms with Crippen LogP contribution >= 0.6 is 11.6 Å². The number of sulfonamides is 1. The van der Waals surface area contributed by atoms with Crippen molar-refractivity contribution in [1.29, 1.82) is 0 Å². The van der Waals surface area contributed by atoms with Gasteiger partial charge in [0.15, 0.2) is 0 Å². The van der Waals surface area contributed by atoms with Crippen LogP contribution in [0.2, 0.25) is 5.02 Å². The molecule has 1 fully saturated rings. The van der Waals surface area contributed by atoms with Crippen molar-refractivity contribution in [3.05, 3.63) is 23.2 Å². The average molecular weight is 319 g/mol. The molecule has 2 N–H and O–H groups in total. The molecule has 0 aliphatic carbocycles. The van der Waals surface area contributed by atoms with Gasteiger partial charge in [-0.25, -0.2) is 8.42 Å². The fraction of sp³-hybridized carbons (Fsp3) is 0.538. The lowest BCUT2D eigenvalue weighted by Gasteiger charge is -2.31. The number of rotatable bonds is 4. The van der Waals surface area contributed by atoms with Crippen LogP contribution in [0.15, 0.2) is 23.1 Å². The van der Waals surface area contributed by atoms with Crippen molar-refractivity contribution in [2.24, 2.45) is 0 Å². The summed E-state index contributed by atoms with van der Waals surface area (Å²) < 4.78 is 32.1. The van der Waals surface area contributed by atoms with Crippen LogP contribution in [0.25, 0.3) is 0 Å². The Morgan fingerprint density at radius 3 is 2.90 bits per heavy atom. The first-order valence-corrected chi connectivity index (χ1v) is 8.43. The standard InChI is InChI=1S/C13H19ClN2O3S/c1-2-19-10-4-3-7-16(9-10)20(17,18)11-5-6-13(15)12(14)8-11/h5-6,8,10H,2-4,7,9,15H2,1H3. The molecule has 1 aliphatic rings. The number of anilines is 1. The van der Waals surface area contributed by atoms with Crippen molar-refractivity contribution in [2.45, 2.75) is 30.8 Å². The minimum atomic E-state index is -3.54. The highest BCUT2D eigenvalue weighted by atomic mass is 35.5. The van der Waals surface area contributed by atoms with Crippen LogP contribution in [0, 0.1) is 0 Å². The molecular weight excluding hydrogens is 300 g/mol. The molecule has 1 unspecified atom stereocenters. The molecule has 5 nitrogen and oxygen atoms in total. The normalized spacial score (nSPS) is 21.0. The Bertz CT molecular complexity index is 575. The molecule has 1 saturated heterocycles.